The molecule has 0 fully saturated rings. The van der Waals surface area contributed by atoms with Crippen molar-refractivity contribution in [3.63, 3.8) is 0 Å². The molecule has 0 amide bonds. The molecule has 8 heteroatoms. The summed E-state index contributed by atoms with van der Waals surface area (Å²) < 4.78 is 39.9. The first-order valence-electron chi connectivity index (χ1n) is 9.38. The number of carbonyl (C=O) groups excluding carboxylic acids is 1. The van der Waals surface area contributed by atoms with E-state index in [1.54, 1.807) is 43.5 Å². The van der Waals surface area contributed by atoms with Gasteiger partial charge in [0, 0.05) is 11.1 Å². The zero-order valence-electron chi connectivity index (χ0n) is 16.9. The average Bonchev–Trinajstić information content (AvgIpc) is 2.77. The van der Waals surface area contributed by atoms with Crippen molar-refractivity contribution >= 4 is 35.1 Å². The number of ether oxygens (including phenoxy) is 3. The summed E-state index contributed by atoms with van der Waals surface area (Å²) in [7, 11) is 1.54. The van der Waals surface area contributed by atoms with Gasteiger partial charge in [0.1, 0.15) is 18.1 Å². The van der Waals surface area contributed by atoms with E-state index in [2.05, 4.69) is 4.74 Å². The Bertz CT molecular complexity index is 1100. The van der Waals surface area contributed by atoms with Gasteiger partial charge in [-0.25, -0.2) is 0 Å². The second-order valence-electron chi connectivity index (χ2n) is 6.51. The Morgan fingerprint density at radius 2 is 1.72 bits per heavy atom. The summed E-state index contributed by atoms with van der Waals surface area (Å²) in [5, 5.41) is 0.783. The van der Waals surface area contributed by atoms with Crippen molar-refractivity contribution in [2.24, 2.45) is 0 Å². The molecule has 4 nitrogen and oxygen atoms in total. The van der Waals surface area contributed by atoms with Gasteiger partial charge in [-0.3, -0.25) is 4.79 Å². The molecular weight excluding hydrogens is 461 g/mol. The molecule has 0 spiro atoms. The number of hydrogen-bond donors (Lipinski definition) is 0. The highest BCUT2D eigenvalue weighted by Gasteiger charge is 2.10. The van der Waals surface area contributed by atoms with Gasteiger partial charge >= 0.3 is 6.61 Å². The molecule has 166 valence electrons. The third-order valence-corrected chi connectivity index (χ3v) is 4.98. The van der Waals surface area contributed by atoms with Crippen LogP contribution in [0.3, 0.4) is 0 Å². The first-order valence-corrected chi connectivity index (χ1v) is 10.1. The summed E-state index contributed by atoms with van der Waals surface area (Å²) in [6.07, 6.45) is 3.03. The molecule has 0 unspecified atom stereocenters. The van der Waals surface area contributed by atoms with Crippen LogP contribution in [0.2, 0.25) is 10.0 Å². The Hall–Kier alpha value is -3.09. The summed E-state index contributed by atoms with van der Waals surface area (Å²) in [6, 6.07) is 15.9. The predicted molar refractivity (Wildman–Crippen MR) is 120 cm³/mol. The Kier molecular flexibility index (Phi) is 8.09. The van der Waals surface area contributed by atoms with Gasteiger partial charge in [-0.05, 0) is 60.2 Å². The number of para-hydroxylation sites is 1. The molecule has 0 saturated heterocycles. The van der Waals surface area contributed by atoms with E-state index in [-0.39, 0.29) is 18.1 Å². The van der Waals surface area contributed by atoms with E-state index in [9.17, 15) is 13.6 Å². The quantitative estimate of drug-likeness (QED) is 0.243. The Morgan fingerprint density at radius 1 is 1.03 bits per heavy atom. The number of benzene rings is 3. The monoisotopic (exact) mass is 478 g/mol. The van der Waals surface area contributed by atoms with Gasteiger partial charge in [-0.15, -0.1) is 0 Å². The maximum Gasteiger partial charge on any atom is 0.387 e. The van der Waals surface area contributed by atoms with Gasteiger partial charge in [0.15, 0.2) is 11.5 Å². The molecule has 0 bridgehead atoms. The van der Waals surface area contributed by atoms with Crippen molar-refractivity contribution in [1.82, 2.24) is 0 Å². The molecule has 3 aromatic rings. The maximum atomic E-state index is 12.4. The molecule has 0 N–H and O–H groups in total. The van der Waals surface area contributed by atoms with E-state index in [4.69, 9.17) is 32.7 Å². The lowest BCUT2D eigenvalue weighted by atomic mass is 10.1. The van der Waals surface area contributed by atoms with E-state index in [0.29, 0.717) is 27.1 Å². The topological polar surface area (TPSA) is 44.8 Å². The highest BCUT2D eigenvalue weighted by atomic mass is 35.5. The van der Waals surface area contributed by atoms with E-state index >= 15 is 0 Å². The fourth-order valence-corrected chi connectivity index (χ4v) is 3.36. The number of rotatable bonds is 9. The fraction of sp³-hybridized carbons (Fsp3) is 0.125. The van der Waals surface area contributed by atoms with Crippen LogP contribution in [-0.4, -0.2) is 19.5 Å². The Morgan fingerprint density at radius 3 is 2.34 bits per heavy atom. The largest absolute Gasteiger partial charge is 0.496 e. The van der Waals surface area contributed by atoms with Gasteiger partial charge in [0.05, 0.1) is 17.2 Å². The minimum absolute atomic E-state index is 0.0149. The average molecular weight is 479 g/mol. The van der Waals surface area contributed by atoms with E-state index in [1.807, 2.05) is 6.07 Å². The van der Waals surface area contributed by atoms with Crippen molar-refractivity contribution in [2.75, 3.05) is 7.11 Å². The molecule has 0 aliphatic carbocycles. The number of ketones is 1. The van der Waals surface area contributed by atoms with Crippen molar-refractivity contribution in [3.8, 4) is 17.2 Å². The molecular formula is C24H18Cl2F2O4. The molecule has 3 rings (SSSR count). The van der Waals surface area contributed by atoms with E-state index in [0.717, 1.165) is 11.1 Å². The molecule has 0 aromatic heterocycles. The zero-order valence-corrected chi connectivity index (χ0v) is 18.4. The lowest BCUT2D eigenvalue weighted by Gasteiger charge is -2.13. The first-order chi connectivity index (χ1) is 15.4. The van der Waals surface area contributed by atoms with E-state index in [1.165, 1.54) is 30.3 Å². The molecule has 0 radical (unpaired) electrons. The smallest absolute Gasteiger partial charge is 0.387 e. The summed E-state index contributed by atoms with van der Waals surface area (Å²) in [6.45, 7) is -2.77. The maximum absolute atomic E-state index is 12.4. The zero-order chi connectivity index (χ0) is 23.1. The Balaban J connectivity index is 1.73. The van der Waals surface area contributed by atoms with Crippen LogP contribution in [0, 0.1) is 0 Å². The van der Waals surface area contributed by atoms with Gasteiger partial charge < -0.3 is 14.2 Å². The minimum atomic E-state index is -2.92. The molecule has 0 saturated carbocycles. The molecule has 32 heavy (non-hydrogen) atoms. The highest BCUT2D eigenvalue weighted by molar-refractivity contribution is 6.37. The van der Waals surface area contributed by atoms with Crippen LogP contribution < -0.4 is 14.2 Å². The van der Waals surface area contributed by atoms with Crippen molar-refractivity contribution in [2.45, 2.75) is 13.2 Å². The number of carbonyl (C=O) groups is 1. The van der Waals surface area contributed by atoms with E-state index < -0.39 is 6.61 Å². The summed E-state index contributed by atoms with van der Waals surface area (Å²) in [5.41, 5.74) is 1.81. The van der Waals surface area contributed by atoms with Crippen LogP contribution in [0.1, 0.15) is 21.5 Å². The van der Waals surface area contributed by atoms with Gasteiger partial charge in [0.2, 0.25) is 0 Å². The highest BCUT2D eigenvalue weighted by Crippen LogP contribution is 2.34. The van der Waals surface area contributed by atoms with Gasteiger partial charge in [-0.2, -0.15) is 8.78 Å². The van der Waals surface area contributed by atoms with Crippen molar-refractivity contribution in [3.05, 3.63) is 93.5 Å². The normalized spacial score (nSPS) is 11.1. The van der Waals surface area contributed by atoms with Crippen molar-refractivity contribution in [1.29, 1.82) is 0 Å². The first kappa shape index (κ1) is 23.6. The van der Waals surface area contributed by atoms with Crippen LogP contribution in [-0.2, 0) is 6.61 Å². The second kappa shape index (κ2) is 11.0. The molecule has 0 aliphatic rings. The molecule has 0 heterocycles. The van der Waals surface area contributed by atoms with Crippen LogP contribution in [0.4, 0.5) is 8.78 Å². The number of alkyl halides is 2. The number of allylic oxidation sites excluding steroid dienone is 1. The lowest BCUT2D eigenvalue weighted by Crippen LogP contribution is -2.02. The van der Waals surface area contributed by atoms with Gasteiger partial charge in [0.25, 0.3) is 0 Å². The summed E-state index contributed by atoms with van der Waals surface area (Å²) >= 11 is 12.3. The fourth-order valence-electron chi connectivity index (χ4n) is 2.85. The lowest BCUT2D eigenvalue weighted by molar-refractivity contribution is -0.0498. The van der Waals surface area contributed by atoms with Crippen molar-refractivity contribution < 1.29 is 27.8 Å². The number of halogens is 4. The van der Waals surface area contributed by atoms with Crippen LogP contribution in [0.15, 0.2) is 66.7 Å². The molecule has 0 aliphatic heterocycles. The predicted octanol–water partition coefficient (Wildman–Crippen LogP) is 7.08. The molecule has 3 aromatic carbocycles. The van der Waals surface area contributed by atoms with Crippen LogP contribution in [0.25, 0.3) is 6.08 Å². The summed E-state index contributed by atoms with van der Waals surface area (Å²) in [4.78, 5) is 12.4. The SMILES string of the molecule is COc1ccc(/C=C/C(=O)c2ccc(OC(F)F)cc2)cc1COc1c(Cl)cccc1Cl. The van der Waals surface area contributed by atoms with Crippen LogP contribution in [0.5, 0.6) is 17.2 Å². The standard InChI is InChI=1S/C24H18Cl2F2O4/c1-30-22-12-6-15(13-17(22)14-31-23-19(25)3-2-4-20(23)26)5-11-21(29)16-7-9-18(10-8-16)32-24(27)28/h2-13,24H,14H2,1H3/b11-5+. The third-order valence-electron chi connectivity index (χ3n) is 4.39. The number of methoxy groups -OCH3 is 1. The summed E-state index contributed by atoms with van der Waals surface area (Å²) in [5.74, 6) is 0.670. The Labute approximate surface area is 193 Å². The minimum Gasteiger partial charge on any atom is -0.496 e. The van der Waals surface area contributed by atoms with Crippen LogP contribution >= 0.6 is 23.2 Å². The second-order valence-corrected chi connectivity index (χ2v) is 7.33. The number of hydrogen-bond acceptors (Lipinski definition) is 4. The molecule has 0 atom stereocenters. The van der Waals surface area contributed by atoms with Gasteiger partial charge in [-0.1, -0.05) is 41.4 Å². The third kappa shape index (κ3) is 6.22.